The van der Waals surface area contributed by atoms with Gasteiger partial charge in [0.1, 0.15) is 6.04 Å². The molecule has 0 saturated heterocycles. The number of rotatable bonds is 7. The summed E-state index contributed by atoms with van der Waals surface area (Å²) in [6, 6.07) is 5.32. The molecule has 25 heavy (non-hydrogen) atoms. The van der Waals surface area contributed by atoms with Crippen molar-refractivity contribution >= 4 is 11.9 Å². The zero-order valence-electron chi connectivity index (χ0n) is 14.5. The van der Waals surface area contributed by atoms with Crippen LogP contribution >= 0.6 is 0 Å². The van der Waals surface area contributed by atoms with E-state index in [-0.39, 0.29) is 12.2 Å². The van der Waals surface area contributed by atoms with Gasteiger partial charge in [-0.1, -0.05) is 44.2 Å². The first kappa shape index (κ1) is 21.0. The minimum Gasteiger partial charge on any atom is -0.464 e. The summed E-state index contributed by atoms with van der Waals surface area (Å²) in [5, 5.41) is 2.14. The van der Waals surface area contributed by atoms with Crippen LogP contribution in [0.15, 0.2) is 30.3 Å². The third kappa shape index (κ3) is 4.31. The van der Waals surface area contributed by atoms with Crippen LogP contribution in [0.1, 0.15) is 26.3 Å². The summed E-state index contributed by atoms with van der Waals surface area (Å²) in [7, 11) is 0.800. The van der Waals surface area contributed by atoms with E-state index in [4.69, 9.17) is 4.74 Å². The fraction of sp³-hybridized carbons (Fsp3) is 0.529. The van der Waals surface area contributed by atoms with E-state index in [9.17, 15) is 22.8 Å². The number of carbonyl (C=O) groups excluding carboxylic acids is 2. The van der Waals surface area contributed by atoms with Crippen LogP contribution in [0.5, 0.6) is 0 Å². The predicted octanol–water partition coefficient (Wildman–Crippen LogP) is 2.79. The molecule has 0 saturated carbocycles. The van der Waals surface area contributed by atoms with Gasteiger partial charge in [-0.3, -0.25) is 4.79 Å². The Labute approximate surface area is 144 Å². The average Bonchev–Trinajstić information content (AvgIpc) is 2.53. The topological polar surface area (TPSA) is 64.6 Å². The van der Waals surface area contributed by atoms with E-state index in [2.05, 4.69) is 10.1 Å². The molecule has 0 radical (unpaired) electrons. The number of amides is 1. The molecule has 1 amide bonds. The van der Waals surface area contributed by atoms with Crippen molar-refractivity contribution in [1.29, 1.82) is 0 Å². The van der Waals surface area contributed by atoms with Crippen LogP contribution in [0, 0.1) is 5.92 Å². The van der Waals surface area contributed by atoms with Crippen LogP contribution in [0.25, 0.3) is 0 Å². The Morgan fingerprint density at radius 3 is 2.12 bits per heavy atom. The van der Waals surface area contributed by atoms with Crippen molar-refractivity contribution < 1.29 is 32.2 Å². The molecule has 140 valence electrons. The molecule has 2 atom stereocenters. The van der Waals surface area contributed by atoms with Crippen molar-refractivity contribution in [2.24, 2.45) is 5.92 Å². The number of alkyl halides is 3. The normalized spacial score (nSPS) is 15.4. The van der Waals surface area contributed by atoms with Crippen LogP contribution in [0.4, 0.5) is 13.2 Å². The van der Waals surface area contributed by atoms with E-state index in [0.717, 1.165) is 19.2 Å². The smallest absolute Gasteiger partial charge is 0.430 e. The van der Waals surface area contributed by atoms with E-state index >= 15 is 0 Å². The summed E-state index contributed by atoms with van der Waals surface area (Å²) in [5.41, 5.74) is -3.61. The Morgan fingerprint density at radius 2 is 1.72 bits per heavy atom. The Morgan fingerprint density at radius 1 is 1.16 bits per heavy atom. The molecular weight excluding hydrogens is 339 g/mol. The maximum absolute atomic E-state index is 13.8. The van der Waals surface area contributed by atoms with Gasteiger partial charge < -0.3 is 14.8 Å². The fourth-order valence-electron chi connectivity index (χ4n) is 2.40. The van der Waals surface area contributed by atoms with Crippen LogP contribution in [0.3, 0.4) is 0 Å². The number of hydrogen-bond acceptors (Lipinski definition) is 4. The quantitative estimate of drug-likeness (QED) is 0.759. The van der Waals surface area contributed by atoms with Crippen molar-refractivity contribution in [3.8, 4) is 0 Å². The van der Waals surface area contributed by atoms with E-state index in [1.807, 2.05) is 0 Å². The van der Waals surface area contributed by atoms with Gasteiger partial charge in [0.05, 0.1) is 6.61 Å². The lowest BCUT2D eigenvalue weighted by molar-refractivity contribution is -0.266. The van der Waals surface area contributed by atoms with Crippen LogP contribution in [0.2, 0.25) is 0 Å². The van der Waals surface area contributed by atoms with Gasteiger partial charge in [-0.25, -0.2) is 4.79 Å². The van der Waals surface area contributed by atoms with Crippen LogP contribution in [-0.2, 0) is 24.7 Å². The maximum Gasteiger partial charge on any atom is 0.430 e. The molecule has 0 spiro atoms. The van der Waals surface area contributed by atoms with Gasteiger partial charge in [0.25, 0.3) is 11.5 Å². The highest BCUT2D eigenvalue weighted by molar-refractivity contribution is 5.91. The highest BCUT2D eigenvalue weighted by Crippen LogP contribution is 2.42. The molecule has 1 aromatic rings. The van der Waals surface area contributed by atoms with E-state index < -0.39 is 35.6 Å². The summed E-state index contributed by atoms with van der Waals surface area (Å²) in [4.78, 5) is 24.6. The highest BCUT2D eigenvalue weighted by atomic mass is 19.4. The van der Waals surface area contributed by atoms with Gasteiger partial charge in [0.2, 0.25) is 0 Å². The molecule has 5 nitrogen and oxygen atoms in total. The average molecular weight is 361 g/mol. The lowest BCUT2D eigenvalue weighted by atomic mass is 9.90. The van der Waals surface area contributed by atoms with E-state index in [0.29, 0.717) is 0 Å². The Kier molecular flexibility index (Phi) is 6.98. The maximum atomic E-state index is 13.8. The van der Waals surface area contributed by atoms with Crippen molar-refractivity contribution in [1.82, 2.24) is 5.32 Å². The van der Waals surface area contributed by atoms with Gasteiger partial charge in [0.15, 0.2) is 0 Å². The van der Waals surface area contributed by atoms with Gasteiger partial charge >= 0.3 is 12.1 Å². The molecule has 0 unspecified atom stereocenters. The van der Waals surface area contributed by atoms with E-state index in [1.165, 1.54) is 18.2 Å². The van der Waals surface area contributed by atoms with Crippen molar-refractivity contribution in [3.05, 3.63) is 35.9 Å². The first-order valence-corrected chi connectivity index (χ1v) is 7.76. The first-order valence-electron chi connectivity index (χ1n) is 7.76. The van der Waals surface area contributed by atoms with Gasteiger partial charge in [0, 0.05) is 12.7 Å². The standard InChI is InChI=1S/C17H22F3NO4/c1-5-25-14(22)13(11(2)3)21-15(23)16(24-4,17(18,19)20)12-9-7-6-8-10-12/h6-11,13H,5H2,1-4H3,(H,21,23)/t13-,16+/m0/s1. The summed E-state index contributed by atoms with van der Waals surface area (Å²) < 4.78 is 50.9. The monoisotopic (exact) mass is 361 g/mol. The second kappa shape index (κ2) is 8.33. The second-order valence-corrected chi connectivity index (χ2v) is 5.70. The highest BCUT2D eigenvalue weighted by Gasteiger charge is 2.63. The minimum atomic E-state index is -5.04. The lowest BCUT2D eigenvalue weighted by Gasteiger charge is -2.35. The number of benzene rings is 1. The number of carbonyl (C=O) groups is 2. The van der Waals surface area contributed by atoms with E-state index in [1.54, 1.807) is 20.8 Å². The summed E-state index contributed by atoms with van der Waals surface area (Å²) in [6.07, 6.45) is -5.04. The van der Waals surface area contributed by atoms with Crippen LogP contribution < -0.4 is 5.32 Å². The van der Waals surface area contributed by atoms with Crippen molar-refractivity contribution in [2.45, 2.75) is 38.6 Å². The number of methoxy groups -OCH3 is 1. The molecule has 0 aromatic heterocycles. The molecule has 1 rings (SSSR count). The molecule has 0 aliphatic carbocycles. The molecule has 1 aromatic carbocycles. The molecule has 1 N–H and O–H groups in total. The lowest BCUT2D eigenvalue weighted by Crippen LogP contribution is -2.59. The molecule has 0 aliphatic heterocycles. The minimum absolute atomic E-state index is 0.0469. The first-order chi connectivity index (χ1) is 11.6. The van der Waals surface area contributed by atoms with Crippen LogP contribution in [-0.4, -0.2) is 37.8 Å². The third-order valence-electron chi connectivity index (χ3n) is 3.70. The molecule has 8 heteroatoms. The number of esters is 1. The summed E-state index contributed by atoms with van der Waals surface area (Å²) >= 11 is 0. The largest absolute Gasteiger partial charge is 0.464 e. The Hall–Kier alpha value is -2.09. The molecule has 0 fully saturated rings. The number of ether oxygens (including phenoxy) is 2. The van der Waals surface area contributed by atoms with Gasteiger partial charge in [-0.15, -0.1) is 0 Å². The van der Waals surface area contributed by atoms with Gasteiger partial charge in [-0.2, -0.15) is 13.2 Å². The molecular formula is C17H22F3NO4. The third-order valence-corrected chi connectivity index (χ3v) is 3.70. The predicted molar refractivity (Wildman–Crippen MR) is 84.6 cm³/mol. The summed E-state index contributed by atoms with van der Waals surface area (Å²) in [5.74, 6) is -2.74. The second-order valence-electron chi connectivity index (χ2n) is 5.70. The Balaban J connectivity index is 3.32. The number of nitrogens with one attached hydrogen (secondary N) is 1. The zero-order valence-corrected chi connectivity index (χ0v) is 14.5. The summed E-state index contributed by atoms with van der Waals surface area (Å²) in [6.45, 7) is 4.79. The molecule has 0 bridgehead atoms. The van der Waals surface area contributed by atoms with Gasteiger partial charge in [-0.05, 0) is 12.8 Å². The molecule has 0 heterocycles. The fourth-order valence-corrected chi connectivity index (χ4v) is 2.40. The van der Waals surface area contributed by atoms with Crippen molar-refractivity contribution in [3.63, 3.8) is 0 Å². The zero-order chi connectivity index (χ0) is 19.3. The SMILES string of the molecule is CCOC(=O)[C@@H](NC(=O)[C@](OC)(c1ccccc1)C(F)(F)F)C(C)C. The molecule has 0 aliphatic rings. The number of hydrogen-bond donors (Lipinski definition) is 1. The number of halogens is 3. The van der Waals surface area contributed by atoms with Crippen molar-refractivity contribution in [2.75, 3.05) is 13.7 Å². The Bertz CT molecular complexity index is 589.